The summed E-state index contributed by atoms with van der Waals surface area (Å²) >= 11 is 16.8. The molecule has 0 heterocycles. The van der Waals surface area contributed by atoms with E-state index < -0.39 is 0 Å². The molecular weight excluding hydrogens is 282 g/mol. The van der Waals surface area contributed by atoms with Gasteiger partial charge in [-0.25, -0.2) is 0 Å². The molecule has 0 aliphatic rings. The standard InChI is InChI=1S/C12H9Cl3O2/c1-2-6-17-11-4-3-9(8-10(11)13)16-7-5-12(14)15/h1,3-5,8H,6-7H2. The van der Waals surface area contributed by atoms with Gasteiger partial charge in [0.15, 0.2) is 0 Å². The fourth-order valence-electron chi connectivity index (χ4n) is 1.01. The van der Waals surface area contributed by atoms with Crippen LogP contribution in [-0.2, 0) is 0 Å². The second-order valence-electron chi connectivity index (χ2n) is 2.89. The van der Waals surface area contributed by atoms with Crippen LogP contribution in [-0.4, -0.2) is 13.2 Å². The van der Waals surface area contributed by atoms with Crippen molar-refractivity contribution in [2.24, 2.45) is 0 Å². The van der Waals surface area contributed by atoms with E-state index in [1.807, 2.05) is 0 Å². The molecule has 0 aliphatic heterocycles. The van der Waals surface area contributed by atoms with Crippen LogP contribution in [0.2, 0.25) is 5.02 Å². The summed E-state index contributed by atoms with van der Waals surface area (Å²) in [6, 6.07) is 5.03. The minimum atomic E-state index is 0.157. The first-order valence-corrected chi connectivity index (χ1v) is 5.76. The molecule has 1 aromatic rings. The summed E-state index contributed by atoms with van der Waals surface area (Å²) in [5.41, 5.74) is 0. The van der Waals surface area contributed by atoms with Gasteiger partial charge in [0.1, 0.15) is 29.2 Å². The van der Waals surface area contributed by atoms with E-state index in [1.165, 1.54) is 6.08 Å². The summed E-state index contributed by atoms with van der Waals surface area (Å²) in [7, 11) is 0. The zero-order chi connectivity index (χ0) is 12.7. The molecule has 0 amide bonds. The molecule has 0 spiro atoms. The SMILES string of the molecule is C#CCOc1ccc(OCC=C(Cl)Cl)cc1Cl. The minimum Gasteiger partial charge on any atom is -0.489 e. The molecule has 17 heavy (non-hydrogen) atoms. The van der Waals surface area contributed by atoms with Crippen molar-refractivity contribution in [3.8, 4) is 23.8 Å². The predicted molar refractivity (Wildman–Crippen MR) is 71.1 cm³/mol. The van der Waals surface area contributed by atoms with Crippen LogP contribution in [0, 0.1) is 12.3 Å². The van der Waals surface area contributed by atoms with Gasteiger partial charge < -0.3 is 9.47 Å². The van der Waals surface area contributed by atoms with Crippen LogP contribution in [0.15, 0.2) is 28.8 Å². The van der Waals surface area contributed by atoms with Gasteiger partial charge in [-0.1, -0.05) is 40.7 Å². The Morgan fingerprint density at radius 1 is 1.35 bits per heavy atom. The molecule has 2 nitrogen and oxygen atoms in total. The van der Waals surface area contributed by atoms with E-state index >= 15 is 0 Å². The van der Waals surface area contributed by atoms with E-state index in [2.05, 4.69) is 5.92 Å². The van der Waals surface area contributed by atoms with Crippen molar-refractivity contribution in [2.45, 2.75) is 0 Å². The first kappa shape index (κ1) is 14.1. The summed E-state index contributed by atoms with van der Waals surface area (Å²) in [6.07, 6.45) is 6.60. The lowest BCUT2D eigenvalue weighted by Gasteiger charge is -2.07. The Balaban J connectivity index is 2.62. The minimum absolute atomic E-state index is 0.157. The lowest BCUT2D eigenvalue weighted by Crippen LogP contribution is -1.96. The van der Waals surface area contributed by atoms with Crippen LogP contribution in [0.3, 0.4) is 0 Å². The topological polar surface area (TPSA) is 18.5 Å². The Hall–Kier alpha value is -1.01. The number of halogens is 3. The van der Waals surface area contributed by atoms with Gasteiger partial charge in [-0.2, -0.15) is 0 Å². The van der Waals surface area contributed by atoms with Gasteiger partial charge in [0.2, 0.25) is 0 Å². The van der Waals surface area contributed by atoms with Crippen molar-refractivity contribution in [3.05, 3.63) is 33.8 Å². The highest BCUT2D eigenvalue weighted by Gasteiger charge is 2.03. The van der Waals surface area contributed by atoms with Crippen LogP contribution in [0.4, 0.5) is 0 Å². The fourth-order valence-corrected chi connectivity index (χ4v) is 1.36. The van der Waals surface area contributed by atoms with Gasteiger partial charge in [0.25, 0.3) is 0 Å². The van der Waals surface area contributed by atoms with Gasteiger partial charge >= 0.3 is 0 Å². The van der Waals surface area contributed by atoms with Crippen LogP contribution >= 0.6 is 34.8 Å². The second-order valence-corrected chi connectivity index (χ2v) is 4.30. The Morgan fingerprint density at radius 3 is 2.71 bits per heavy atom. The van der Waals surface area contributed by atoms with E-state index in [0.717, 1.165) is 0 Å². The lowest BCUT2D eigenvalue weighted by atomic mass is 10.3. The maximum atomic E-state index is 5.97. The summed E-state index contributed by atoms with van der Waals surface area (Å²) < 4.78 is 10.7. The van der Waals surface area contributed by atoms with Gasteiger partial charge in [-0.3, -0.25) is 0 Å². The van der Waals surface area contributed by atoms with Crippen molar-refractivity contribution < 1.29 is 9.47 Å². The number of terminal acetylenes is 1. The zero-order valence-corrected chi connectivity index (χ0v) is 11.0. The number of hydrogen-bond acceptors (Lipinski definition) is 2. The maximum Gasteiger partial charge on any atom is 0.148 e. The lowest BCUT2D eigenvalue weighted by molar-refractivity contribution is 0.356. The van der Waals surface area contributed by atoms with E-state index in [4.69, 9.17) is 50.7 Å². The van der Waals surface area contributed by atoms with Crippen molar-refractivity contribution in [1.82, 2.24) is 0 Å². The quantitative estimate of drug-likeness (QED) is 0.762. The zero-order valence-electron chi connectivity index (χ0n) is 8.75. The summed E-state index contributed by atoms with van der Waals surface area (Å²) in [6.45, 7) is 0.438. The average Bonchev–Trinajstić information content (AvgIpc) is 2.27. The first-order chi connectivity index (χ1) is 8.13. The van der Waals surface area contributed by atoms with Crippen molar-refractivity contribution >= 4 is 34.8 Å². The third kappa shape index (κ3) is 5.23. The third-order valence-corrected chi connectivity index (χ3v) is 2.31. The molecule has 0 saturated heterocycles. The number of hydrogen-bond donors (Lipinski definition) is 0. The first-order valence-electron chi connectivity index (χ1n) is 4.63. The predicted octanol–water partition coefficient (Wildman–Crippen LogP) is 4.05. The molecule has 1 rings (SSSR count). The van der Waals surface area contributed by atoms with E-state index in [-0.39, 0.29) is 17.7 Å². The molecule has 0 aromatic heterocycles. The smallest absolute Gasteiger partial charge is 0.148 e. The van der Waals surface area contributed by atoms with E-state index in [0.29, 0.717) is 16.5 Å². The van der Waals surface area contributed by atoms with E-state index in [9.17, 15) is 0 Å². The summed E-state index contributed by atoms with van der Waals surface area (Å²) in [4.78, 5) is 0. The average molecular weight is 292 g/mol. The monoisotopic (exact) mass is 290 g/mol. The van der Waals surface area contributed by atoms with Gasteiger partial charge in [0, 0.05) is 6.07 Å². The molecule has 0 saturated carbocycles. The molecule has 90 valence electrons. The van der Waals surface area contributed by atoms with Crippen LogP contribution in [0.5, 0.6) is 11.5 Å². The third-order valence-electron chi connectivity index (χ3n) is 1.70. The number of benzene rings is 1. The largest absolute Gasteiger partial charge is 0.489 e. The van der Waals surface area contributed by atoms with Gasteiger partial charge in [-0.15, -0.1) is 6.42 Å². The van der Waals surface area contributed by atoms with Crippen molar-refractivity contribution in [1.29, 1.82) is 0 Å². The Kier molecular flexibility index (Phi) is 6.07. The molecule has 0 bridgehead atoms. The van der Waals surface area contributed by atoms with Crippen LogP contribution in [0.1, 0.15) is 0 Å². The summed E-state index contributed by atoms with van der Waals surface area (Å²) in [5.74, 6) is 3.46. The maximum absolute atomic E-state index is 5.97. The molecule has 0 radical (unpaired) electrons. The van der Waals surface area contributed by atoms with Gasteiger partial charge in [0.05, 0.1) is 5.02 Å². The highest BCUT2D eigenvalue weighted by atomic mass is 35.5. The Bertz CT molecular complexity index is 446. The normalized spacial score (nSPS) is 9.29. The molecule has 0 aliphatic carbocycles. The Labute approximate surface area is 115 Å². The molecule has 0 N–H and O–H groups in total. The van der Waals surface area contributed by atoms with Crippen molar-refractivity contribution in [3.63, 3.8) is 0 Å². The molecular formula is C12H9Cl3O2. The highest BCUT2D eigenvalue weighted by Crippen LogP contribution is 2.28. The number of ether oxygens (including phenoxy) is 2. The van der Waals surface area contributed by atoms with E-state index in [1.54, 1.807) is 18.2 Å². The van der Waals surface area contributed by atoms with Crippen LogP contribution < -0.4 is 9.47 Å². The second kappa shape index (κ2) is 7.34. The summed E-state index contributed by atoms with van der Waals surface area (Å²) in [5, 5.41) is 0.429. The molecule has 0 atom stereocenters. The van der Waals surface area contributed by atoms with Crippen LogP contribution in [0.25, 0.3) is 0 Å². The molecule has 5 heteroatoms. The highest BCUT2D eigenvalue weighted by molar-refractivity contribution is 6.55. The fraction of sp³-hybridized carbons (Fsp3) is 0.167. The van der Waals surface area contributed by atoms with Gasteiger partial charge in [-0.05, 0) is 18.2 Å². The molecule has 0 fully saturated rings. The number of rotatable bonds is 5. The van der Waals surface area contributed by atoms with Crippen molar-refractivity contribution in [2.75, 3.05) is 13.2 Å². The Morgan fingerprint density at radius 2 is 2.12 bits per heavy atom. The molecule has 1 aromatic carbocycles. The molecule has 0 unspecified atom stereocenters.